The Morgan fingerprint density at radius 1 is 1.56 bits per heavy atom. The molecule has 0 unspecified atom stereocenters. The smallest absolute Gasteiger partial charge is 0.224 e. The fraction of sp³-hybridized carbons (Fsp3) is 0.455. The minimum atomic E-state index is -0.606. The molecule has 1 amide bonds. The van der Waals surface area contributed by atoms with Crippen LogP contribution in [-0.2, 0) is 4.79 Å². The molecule has 3 N–H and O–H groups in total. The second-order valence-electron chi connectivity index (χ2n) is 4.17. The molecule has 0 bridgehead atoms. The highest BCUT2D eigenvalue weighted by Crippen LogP contribution is 2.16. The van der Waals surface area contributed by atoms with Crippen molar-refractivity contribution in [3.05, 3.63) is 18.2 Å². The third-order valence-electron chi connectivity index (χ3n) is 2.31. The summed E-state index contributed by atoms with van der Waals surface area (Å²) in [5, 5.41) is 3.05. The summed E-state index contributed by atoms with van der Waals surface area (Å²) in [5.41, 5.74) is 4.66. The van der Waals surface area contributed by atoms with Gasteiger partial charge in [-0.3, -0.25) is 4.79 Å². The van der Waals surface area contributed by atoms with Gasteiger partial charge in [-0.25, -0.2) is 0 Å². The zero-order valence-corrected chi connectivity index (χ0v) is 9.78. The van der Waals surface area contributed by atoms with Crippen LogP contribution in [0.15, 0.2) is 18.2 Å². The van der Waals surface area contributed by atoms with E-state index in [9.17, 15) is 4.79 Å². The van der Waals surface area contributed by atoms with Crippen molar-refractivity contribution >= 4 is 11.7 Å². The summed E-state index contributed by atoms with van der Waals surface area (Å²) in [6.07, 6.45) is 0. The zero-order chi connectivity index (χ0) is 12.2. The largest absolute Gasteiger partial charge is 0.481 e. The molecular formula is C11H17N3O2. The molecule has 0 aliphatic heterocycles. The van der Waals surface area contributed by atoms with Crippen molar-refractivity contribution < 1.29 is 9.53 Å². The molecule has 0 spiro atoms. The van der Waals surface area contributed by atoms with Gasteiger partial charge in [-0.15, -0.1) is 0 Å². The standard InChI is InChI=1S/C11H17N3O2/c1-11(2,10(12)15)7-13-8-5-4-6-9(14-8)16-3/h4-6H,7H2,1-3H3,(H2,12,15)(H,13,14). The first-order valence-electron chi connectivity index (χ1n) is 5.00. The van der Waals surface area contributed by atoms with E-state index >= 15 is 0 Å². The van der Waals surface area contributed by atoms with Crippen molar-refractivity contribution in [3.8, 4) is 5.88 Å². The Labute approximate surface area is 95.0 Å². The Balaban J connectivity index is 2.64. The molecule has 88 valence electrons. The van der Waals surface area contributed by atoms with E-state index < -0.39 is 5.41 Å². The number of pyridine rings is 1. The van der Waals surface area contributed by atoms with Gasteiger partial charge >= 0.3 is 0 Å². The van der Waals surface area contributed by atoms with E-state index in [1.165, 1.54) is 0 Å². The summed E-state index contributed by atoms with van der Waals surface area (Å²) in [4.78, 5) is 15.3. The SMILES string of the molecule is COc1cccc(NCC(C)(C)C(N)=O)n1. The lowest BCUT2D eigenvalue weighted by Gasteiger charge is -2.21. The third kappa shape index (κ3) is 3.12. The second-order valence-corrected chi connectivity index (χ2v) is 4.17. The van der Waals surface area contributed by atoms with Gasteiger partial charge in [-0.05, 0) is 19.9 Å². The summed E-state index contributed by atoms with van der Waals surface area (Å²) in [5.74, 6) is 0.846. The molecule has 1 rings (SSSR count). The molecule has 0 aliphatic carbocycles. The number of hydrogen-bond acceptors (Lipinski definition) is 4. The number of rotatable bonds is 5. The number of carbonyl (C=O) groups excluding carboxylic acids is 1. The highest BCUT2D eigenvalue weighted by atomic mass is 16.5. The molecule has 1 aromatic heterocycles. The van der Waals surface area contributed by atoms with Crippen molar-refractivity contribution in [1.29, 1.82) is 0 Å². The number of ether oxygens (including phenoxy) is 1. The highest BCUT2D eigenvalue weighted by Gasteiger charge is 2.24. The van der Waals surface area contributed by atoms with Crippen molar-refractivity contribution in [3.63, 3.8) is 0 Å². The maximum atomic E-state index is 11.1. The number of anilines is 1. The van der Waals surface area contributed by atoms with Crippen LogP contribution in [0.25, 0.3) is 0 Å². The summed E-state index contributed by atoms with van der Waals surface area (Å²) < 4.78 is 4.99. The van der Waals surface area contributed by atoms with E-state index in [1.54, 1.807) is 33.1 Å². The molecule has 0 radical (unpaired) electrons. The van der Waals surface area contributed by atoms with Gasteiger partial charge in [0.15, 0.2) is 0 Å². The van der Waals surface area contributed by atoms with Gasteiger partial charge in [-0.2, -0.15) is 4.98 Å². The molecule has 5 heteroatoms. The minimum Gasteiger partial charge on any atom is -0.481 e. The Morgan fingerprint density at radius 2 is 2.25 bits per heavy atom. The topological polar surface area (TPSA) is 77.2 Å². The summed E-state index contributed by atoms with van der Waals surface area (Å²) in [6.45, 7) is 3.99. The molecule has 1 aromatic rings. The molecular weight excluding hydrogens is 206 g/mol. The van der Waals surface area contributed by atoms with Gasteiger partial charge in [0.2, 0.25) is 11.8 Å². The summed E-state index contributed by atoms with van der Waals surface area (Å²) in [7, 11) is 1.56. The minimum absolute atomic E-state index is 0.345. The third-order valence-corrected chi connectivity index (χ3v) is 2.31. The van der Waals surface area contributed by atoms with Crippen molar-refractivity contribution in [2.45, 2.75) is 13.8 Å². The lowest BCUT2D eigenvalue weighted by molar-refractivity contribution is -0.125. The molecule has 0 aliphatic rings. The van der Waals surface area contributed by atoms with Crippen LogP contribution in [0.5, 0.6) is 5.88 Å². The maximum Gasteiger partial charge on any atom is 0.224 e. The first-order chi connectivity index (χ1) is 7.45. The number of nitrogens with two attached hydrogens (primary N) is 1. The monoisotopic (exact) mass is 223 g/mol. The van der Waals surface area contributed by atoms with E-state index in [0.29, 0.717) is 18.2 Å². The van der Waals surface area contributed by atoms with Gasteiger partial charge < -0.3 is 15.8 Å². The molecule has 0 fully saturated rings. The van der Waals surface area contributed by atoms with E-state index in [4.69, 9.17) is 10.5 Å². The van der Waals surface area contributed by atoms with Crippen LogP contribution >= 0.6 is 0 Å². The van der Waals surface area contributed by atoms with Crippen LogP contribution in [0, 0.1) is 5.41 Å². The van der Waals surface area contributed by atoms with Crippen molar-refractivity contribution in [2.75, 3.05) is 19.0 Å². The van der Waals surface area contributed by atoms with Gasteiger partial charge in [0.1, 0.15) is 5.82 Å². The fourth-order valence-electron chi connectivity index (χ4n) is 1.03. The molecule has 0 atom stereocenters. The van der Waals surface area contributed by atoms with Gasteiger partial charge in [0.25, 0.3) is 0 Å². The second kappa shape index (κ2) is 4.83. The van der Waals surface area contributed by atoms with Crippen LogP contribution in [0.2, 0.25) is 0 Å². The Kier molecular flexibility index (Phi) is 3.71. The van der Waals surface area contributed by atoms with Crippen LogP contribution in [0.1, 0.15) is 13.8 Å². The average molecular weight is 223 g/mol. The molecule has 16 heavy (non-hydrogen) atoms. The van der Waals surface area contributed by atoms with E-state index in [-0.39, 0.29) is 5.91 Å². The number of amides is 1. The number of aromatic nitrogens is 1. The fourth-order valence-corrected chi connectivity index (χ4v) is 1.03. The Hall–Kier alpha value is -1.78. The lowest BCUT2D eigenvalue weighted by atomic mass is 9.93. The zero-order valence-electron chi connectivity index (χ0n) is 9.78. The van der Waals surface area contributed by atoms with E-state index in [2.05, 4.69) is 10.3 Å². The lowest BCUT2D eigenvalue weighted by Crippen LogP contribution is -2.37. The van der Waals surface area contributed by atoms with E-state index in [0.717, 1.165) is 0 Å². The van der Waals surface area contributed by atoms with E-state index in [1.807, 2.05) is 6.07 Å². The first kappa shape index (κ1) is 12.3. The number of primary amides is 1. The molecule has 0 saturated heterocycles. The van der Waals surface area contributed by atoms with Gasteiger partial charge in [0.05, 0.1) is 12.5 Å². The Bertz CT molecular complexity index is 377. The van der Waals surface area contributed by atoms with Crippen LogP contribution in [-0.4, -0.2) is 24.5 Å². The van der Waals surface area contributed by atoms with Gasteiger partial charge in [0, 0.05) is 12.6 Å². The predicted molar refractivity (Wildman–Crippen MR) is 62.3 cm³/mol. The molecule has 0 aromatic carbocycles. The first-order valence-corrected chi connectivity index (χ1v) is 5.00. The maximum absolute atomic E-state index is 11.1. The quantitative estimate of drug-likeness (QED) is 0.781. The summed E-state index contributed by atoms with van der Waals surface area (Å²) in [6, 6.07) is 5.38. The predicted octanol–water partition coefficient (Wildman–Crippen LogP) is 1.01. The summed E-state index contributed by atoms with van der Waals surface area (Å²) >= 11 is 0. The van der Waals surface area contributed by atoms with Crippen LogP contribution in [0.3, 0.4) is 0 Å². The number of hydrogen-bond donors (Lipinski definition) is 2. The molecule has 5 nitrogen and oxygen atoms in total. The number of nitrogens with zero attached hydrogens (tertiary/aromatic N) is 1. The number of methoxy groups -OCH3 is 1. The van der Waals surface area contributed by atoms with Crippen molar-refractivity contribution in [2.24, 2.45) is 11.1 Å². The van der Waals surface area contributed by atoms with Crippen LogP contribution < -0.4 is 15.8 Å². The number of carbonyl (C=O) groups is 1. The van der Waals surface area contributed by atoms with Gasteiger partial charge in [-0.1, -0.05) is 6.07 Å². The number of nitrogens with one attached hydrogen (secondary N) is 1. The highest BCUT2D eigenvalue weighted by molar-refractivity contribution is 5.80. The normalized spacial score (nSPS) is 10.9. The Morgan fingerprint density at radius 3 is 2.81 bits per heavy atom. The van der Waals surface area contributed by atoms with Crippen LogP contribution in [0.4, 0.5) is 5.82 Å². The van der Waals surface area contributed by atoms with Crippen molar-refractivity contribution in [1.82, 2.24) is 4.98 Å². The molecule has 1 heterocycles. The molecule has 0 saturated carbocycles. The average Bonchev–Trinajstić information content (AvgIpc) is 2.26.